The normalized spacial score (nSPS) is 12.2. The molecule has 0 spiro atoms. The van der Waals surface area contributed by atoms with Crippen LogP contribution in [0.1, 0.15) is 93.7 Å². The van der Waals surface area contributed by atoms with E-state index in [0.717, 1.165) is 25.7 Å². The molecule has 4 rings (SSSR count). The molecule has 0 heterocycles. The maximum Gasteiger partial charge on any atom is 0.255 e. The Morgan fingerprint density at radius 3 is 1.94 bits per heavy atom. The summed E-state index contributed by atoms with van der Waals surface area (Å²) in [4.78, 5) is 40.0. The number of ketones is 2. The number of nitrogens with one attached hydrogen (secondary N) is 2. The maximum atomic E-state index is 13.5. The number of hydrogen-bond donors (Lipinski definition) is 2. The van der Waals surface area contributed by atoms with Gasteiger partial charge in [0.05, 0.1) is 16.8 Å². The van der Waals surface area contributed by atoms with Crippen molar-refractivity contribution < 1.29 is 14.4 Å². The molecule has 3 aromatic rings. The minimum atomic E-state index is -0.307. The molecule has 0 saturated heterocycles. The summed E-state index contributed by atoms with van der Waals surface area (Å²) >= 11 is 0. The average Bonchev–Trinajstić information content (AvgIpc) is 2.88. The molecule has 0 unspecified atom stereocenters. The molecule has 0 saturated carbocycles. The van der Waals surface area contributed by atoms with Crippen LogP contribution in [0.15, 0.2) is 60.7 Å². The third-order valence-corrected chi connectivity index (χ3v) is 6.45. The smallest absolute Gasteiger partial charge is 0.255 e. The lowest BCUT2D eigenvalue weighted by molar-refractivity contribution is 0.0979. The Balaban J connectivity index is 1.65. The fourth-order valence-electron chi connectivity index (χ4n) is 4.47. The zero-order chi connectivity index (χ0) is 24.8. The lowest BCUT2D eigenvalue weighted by atomic mass is 9.82. The largest absolute Gasteiger partial charge is 0.384 e. The maximum absolute atomic E-state index is 13.5. The number of unbranched alkanes of at least 4 members (excludes halogenated alkanes) is 3. The van der Waals surface area contributed by atoms with Gasteiger partial charge in [0.15, 0.2) is 11.6 Å². The summed E-state index contributed by atoms with van der Waals surface area (Å²) in [6.07, 6.45) is 6.43. The molecular weight excluding hydrogens is 436 g/mol. The molecular formula is C30H32N2O3. The lowest BCUT2D eigenvalue weighted by Gasteiger charge is -2.23. The van der Waals surface area contributed by atoms with E-state index in [1.165, 1.54) is 18.4 Å². The van der Waals surface area contributed by atoms with E-state index in [0.29, 0.717) is 40.2 Å². The van der Waals surface area contributed by atoms with Gasteiger partial charge in [-0.25, -0.2) is 0 Å². The molecule has 1 aliphatic rings. The number of anilines is 2. The quantitative estimate of drug-likeness (QED) is 0.255. The molecule has 0 fully saturated rings. The first kappa shape index (κ1) is 24.4. The summed E-state index contributed by atoms with van der Waals surface area (Å²) in [6, 6.07) is 17.9. The number of amides is 1. The molecule has 0 aromatic heterocycles. The predicted molar refractivity (Wildman–Crippen MR) is 141 cm³/mol. The first-order chi connectivity index (χ1) is 17.0. The van der Waals surface area contributed by atoms with Crippen LogP contribution in [0.5, 0.6) is 0 Å². The molecule has 35 heavy (non-hydrogen) atoms. The summed E-state index contributed by atoms with van der Waals surface area (Å²) in [5, 5.41) is 6.20. The van der Waals surface area contributed by atoms with E-state index >= 15 is 0 Å². The Hall–Kier alpha value is -3.73. The second-order valence-corrected chi connectivity index (χ2v) is 9.00. The summed E-state index contributed by atoms with van der Waals surface area (Å²) < 4.78 is 0. The van der Waals surface area contributed by atoms with Gasteiger partial charge >= 0.3 is 0 Å². The zero-order valence-corrected chi connectivity index (χ0v) is 20.4. The second kappa shape index (κ2) is 11.1. The van der Waals surface area contributed by atoms with E-state index < -0.39 is 0 Å². The van der Waals surface area contributed by atoms with Crippen LogP contribution in [0, 0.1) is 0 Å². The highest BCUT2D eigenvalue weighted by Crippen LogP contribution is 2.36. The standard InChI is InChI=1S/C30H32N2O3/c1-3-5-7-10-20-13-15-21(16-14-20)30(35)32-25-18-17-24(31-19-6-4-2)26-27(25)29(34)23-12-9-8-11-22(23)28(26)33/h8-9,11-18,31H,3-7,10,19H2,1-2H3,(H,32,35). The van der Waals surface area contributed by atoms with Crippen LogP contribution in [-0.2, 0) is 6.42 Å². The van der Waals surface area contributed by atoms with Gasteiger partial charge < -0.3 is 10.6 Å². The molecule has 0 radical (unpaired) electrons. The van der Waals surface area contributed by atoms with Crippen molar-refractivity contribution in [3.8, 4) is 0 Å². The van der Waals surface area contributed by atoms with E-state index in [1.54, 1.807) is 36.4 Å². The van der Waals surface area contributed by atoms with Gasteiger partial charge in [-0.1, -0.05) is 69.5 Å². The first-order valence-corrected chi connectivity index (χ1v) is 12.5. The van der Waals surface area contributed by atoms with Crippen LogP contribution in [-0.4, -0.2) is 24.0 Å². The molecule has 5 nitrogen and oxygen atoms in total. The van der Waals surface area contributed by atoms with Gasteiger partial charge in [0.25, 0.3) is 5.91 Å². The fraction of sp³-hybridized carbons (Fsp3) is 0.300. The van der Waals surface area contributed by atoms with Crippen molar-refractivity contribution in [1.82, 2.24) is 0 Å². The van der Waals surface area contributed by atoms with Crippen LogP contribution in [0.3, 0.4) is 0 Å². The number of hydrogen-bond acceptors (Lipinski definition) is 4. The van der Waals surface area contributed by atoms with E-state index in [-0.39, 0.29) is 23.0 Å². The summed E-state index contributed by atoms with van der Waals surface area (Å²) in [5.74, 6) is -0.768. The van der Waals surface area contributed by atoms with Crippen LogP contribution < -0.4 is 10.6 Å². The highest BCUT2D eigenvalue weighted by atomic mass is 16.2. The van der Waals surface area contributed by atoms with E-state index in [1.807, 2.05) is 24.3 Å². The topological polar surface area (TPSA) is 75.3 Å². The lowest BCUT2D eigenvalue weighted by Crippen LogP contribution is -2.25. The van der Waals surface area contributed by atoms with Crippen molar-refractivity contribution in [3.05, 3.63) is 94.0 Å². The number of carbonyl (C=O) groups is 3. The van der Waals surface area contributed by atoms with E-state index in [4.69, 9.17) is 0 Å². The van der Waals surface area contributed by atoms with E-state index in [2.05, 4.69) is 24.5 Å². The third-order valence-electron chi connectivity index (χ3n) is 6.45. The average molecular weight is 469 g/mol. The molecule has 0 aliphatic heterocycles. The van der Waals surface area contributed by atoms with Crippen LogP contribution >= 0.6 is 0 Å². The van der Waals surface area contributed by atoms with Crippen LogP contribution in [0.2, 0.25) is 0 Å². The first-order valence-electron chi connectivity index (χ1n) is 12.5. The number of benzene rings is 3. The van der Waals surface area contributed by atoms with Crippen molar-refractivity contribution >= 4 is 28.8 Å². The fourth-order valence-corrected chi connectivity index (χ4v) is 4.47. The van der Waals surface area contributed by atoms with Crippen LogP contribution in [0.4, 0.5) is 11.4 Å². The minimum Gasteiger partial charge on any atom is -0.384 e. The van der Waals surface area contributed by atoms with Crippen molar-refractivity contribution in [2.24, 2.45) is 0 Å². The van der Waals surface area contributed by atoms with Crippen LogP contribution in [0.25, 0.3) is 0 Å². The molecule has 3 aromatic carbocycles. The predicted octanol–water partition coefficient (Wildman–Crippen LogP) is 6.66. The Bertz CT molecular complexity index is 1240. The van der Waals surface area contributed by atoms with Gasteiger partial charge in [0, 0.05) is 28.9 Å². The number of aryl methyl sites for hydroxylation is 1. The number of carbonyl (C=O) groups excluding carboxylic acids is 3. The second-order valence-electron chi connectivity index (χ2n) is 9.00. The summed E-state index contributed by atoms with van der Waals surface area (Å²) in [6.45, 7) is 4.97. The van der Waals surface area contributed by atoms with Crippen molar-refractivity contribution in [3.63, 3.8) is 0 Å². The highest BCUT2D eigenvalue weighted by Gasteiger charge is 2.34. The Morgan fingerprint density at radius 2 is 1.31 bits per heavy atom. The Morgan fingerprint density at radius 1 is 0.714 bits per heavy atom. The van der Waals surface area contributed by atoms with Crippen molar-refractivity contribution in [2.75, 3.05) is 17.2 Å². The number of fused-ring (bicyclic) bond motifs is 2. The summed E-state index contributed by atoms with van der Waals surface area (Å²) in [5.41, 5.74) is 4.02. The number of rotatable bonds is 10. The van der Waals surface area contributed by atoms with Gasteiger partial charge in [-0.3, -0.25) is 14.4 Å². The molecule has 0 atom stereocenters. The van der Waals surface area contributed by atoms with Gasteiger partial charge in [0.1, 0.15) is 0 Å². The van der Waals surface area contributed by atoms with E-state index in [9.17, 15) is 14.4 Å². The minimum absolute atomic E-state index is 0.207. The van der Waals surface area contributed by atoms with Gasteiger partial charge in [-0.2, -0.15) is 0 Å². The third kappa shape index (κ3) is 5.19. The van der Waals surface area contributed by atoms with Gasteiger partial charge in [0.2, 0.25) is 0 Å². The van der Waals surface area contributed by atoms with Gasteiger partial charge in [-0.05, 0) is 49.1 Å². The van der Waals surface area contributed by atoms with Crippen molar-refractivity contribution in [1.29, 1.82) is 0 Å². The van der Waals surface area contributed by atoms with Crippen molar-refractivity contribution in [2.45, 2.75) is 52.4 Å². The molecule has 1 amide bonds. The zero-order valence-electron chi connectivity index (χ0n) is 20.4. The Kier molecular flexibility index (Phi) is 7.76. The Labute approximate surface area is 207 Å². The molecule has 5 heteroatoms. The highest BCUT2D eigenvalue weighted by molar-refractivity contribution is 6.32. The molecule has 0 bridgehead atoms. The molecule has 180 valence electrons. The monoisotopic (exact) mass is 468 g/mol. The SMILES string of the molecule is CCCCCc1ccc(C(=O)Nc2ccc(NCCCC)c3c2C(=O)c2ccccc2C3=O)cc1. The summed E-state index contributed by atoms with van der Waals surface area (Å²) in [7, 11) is 0. The van der Waals surface area contributed by atoms with Gasteiger partial charge in [-0.15, -0.1) is 0 Å². The molecule has 1 aliphatic carbocycles. The molecule has 2 N–H and O–H groups in total.